The maximum atomic E-state index is 12.1. The summed E-state index contributed by atoms with van der Waals surface area (Å²) >= 11 is 0. The van der Waals surface area contributed by atoms with E-state index in [4.69, 9.17) is 5.73 Å². The number of aromatic nitrogens is 1. The molecule has 1 heterocycles. The van der Waals surface area contributed by atoms with Crippen LogP contribution < -0.4 is 16.4 Å². The number of nitrogens with two attached hydrogens (primary N) is 1. The van der Waals surface area contributed by atoms with E-state index in [0.29, 0.717) is 22.8 Å². The SMILES string of the molecule is Nc1ccc(C(=O)Nc2ccc(Nc3ccccc3)nc2)cc1. The van der Waals surface area contributed by atoms with Crippen LogP contribution in [0.4, 0.5) is 22.9 Å². The van der Waals surface area contributed by atoms with Gasteiger partial charge in [0.1, 0.15) is 5.82 Å². The highest BCUT2D eigenvalue weighted by Gasteiger charge is 2.06. The number of carbonyl (C=O) groups excluding carboxylic acids is 1. The maximum absolute atomic E-state index is 12.1. The Morgan fingerprint density at radius 1 is 0.870 bits per heavy atom. The zero-order valence-corrected chi connectivity index (χ0v) is 12.4. The van der Waals surface area contributed by atoms with Crippen molar-refractivity contribution < 1.29 is 4.79 Å². The first kappa shape index (κ1) is 14.6. The molecule has 3 rings (SSSR count). The highest BCUT2D eigenvalue weighted by molar-refractivity contribution is 6.04. The van der Waals surface area contributed by atoms with Crippen molar-refractivity contribution in [2.24, 2.45) is 0 Å². The number of benzene rings is 2. The largest absolute Gasteiger partial charge is 0.399 e. The first-order valence-corrected chi connectivity index (χ1v) is 7.16. The zero-order chi connectivity index (χ0) is 16.1. The van der Waals surface area contributed by atoms with Crippen LogP contribution in [-0.2, 0) is 0 Å². The number of rotatable bonds is 4. The molecule has 0 aliphatic heterocycles. The Balaban J connectivity index is 1.65. The molecule has 0 aliphatic rings. The van der Waals surface area contributed by atoms with Crippen LogP contribution in [0.15, 0.2) is 72.9 Å². The Kier molecular flexibility index (Phi) is 4.20. The van der Waals surface area contributed by atoms with Crippen LogP contribution in [0.2, 0.25) is 0 Å². The molecule has 3 aromatic rings. The molecule has 0 radical (unpaired) electrons. The second-order valence-electron chi connectivity index (χ2n) is 5.00. The van der Waals surface area contributed by atoms with Crippen LogP contribution in [0.5, 0.6) is 0 Å². The lowest BCUT2D eigenvalue weighted by Crippen LogP contribution is -2.12. The second kappa shape index (κ2) is 6.62. The third-order valence-electron chi connectivity index (χ3n) is 3.24. The van der Waals surface area contributed by atoms with E-state index in [-0.39, 0.29) is 5.91 Å². The summed E-state index contributed by atoms with van der Waals surface area (Å²) in [4.78, 5) is 16.4. The molecule has 5 nitrogen and oxygen atoms in total. The second-order valence-corrected chi connectivity index (χ2v) is 5.00. The molecule has 1 aromatic heterocycles. The van der Waals surface area contributed by atoms with E-state index in [1.54, 1.807) is 36.5 Å². The van der Waals surface area contributed by atoms with Crippen LogP contribution >= 0.6 is 0 Å². The van der Waals surface area contributed by atoms with Crippen LogP contribution in [0.25, 0.3) is 0 Å². The Hall–Kier alpha value is -3.34. The Bertz CT molecular complexity index is 784. The van der Waals surface area contributed by atoms with Crippen molar-refractivity contribution in [2.45, 2.75) is 0 Å². The van der Waals surface area contributed by atoms with Crippen LogP contribution in [0.1, 0.15) is 10.4 Å². The highest BCUT2D eigenvalue weighted by Crippen LogP contribution is 2.16. The average molecular weight is 304 g/mol. The van der Waals surface area contributed by atoms with Crippen molar-refractivity contribution in [1.29, 1.82) is 0 Å². The summed E-state index contributed by atoms with van der Waals surface area (Å²) in [6, 6.07) is 20.1. The lowest BCUT2D eigenvalue weighted by molar-refractivity contribution is 0.102. The third kappa shape index (κ3) is 3.85. The van der Waals surface area contributed by atoms with Gasteiger partial charge < -0.3 is 16.4 Å². The molecule has 5 heteroatoms. The molecule has 0 saturated heterocycles. The minimum absolute atomic E-state index is 0.199. The van der Waals surface area contributed by atoms with E-state index in [9.17, 15) is 4.79 Å². The predicted molar refractivity (Wildman–Crippen MR) is 92.8 cm³/mol. The van der Waals surface area contributed by atoms with Crippen molar-refractivity contribution >= 4 is 28.8 Å². The summed E-state index contributed by atoms with van der Waals surface area (Å²) in [6.07, 6.45) is 1.61. The molecule has 0 atom stereocenters. The fraction of sp³-hybridized carbons (Fsp3) is 0. The van der Waals surface area contributed by atoms with E-state index in [2.05, 4.69) is 15.6 Å². The standard InChI is InChI=1S/C18H16N4O/c19-14-8-6-13(7-9-14)18(23)22-16-10-11-17(20-12-16)21-15-4-2-1-3-5-15/h1-12H,19H2,(H,20,21)(H,22,23). The molecule has 0 spiro atoms. The van der Waals surface area contributed by atoms with Gasteiger partial charge in [-0.15, -0.1) is 0 Å². The van der Waals surface area contributed by atoms with Gasteiger partial charge in [-0.1, -0.05) is 18.2 Å². The van der Waals surface area contributed by atoms with Gasteiger partial charge in [0.05, 0.1) is 11.9 Å². The van der Waals surface area contributed by atoms with Crippen LogP contribution in [0.3, 0.4) is 0 Å². The van der Waals surface area contributed by atoms with Gasteiger partial charge in [0.2, 0.25) is 0 Å². The minimum Gasteiger partial charge on any atom is -0.399 e. The zero-order valence-electron chi connectivity index (χ0n) is 12.4. The molecular formula is C18H16N4O. The molecule has 0 bridgehead atoms. The Labute approximate surface area is 134 Å². The Morgan fingerprint density at radius 3 is 2.26 bits per heavy atom. The van der Waals surface area contributed by atoms with Crippen molar-refractivity contribution in [3.63, 3.8) is 0 Å². The van der Waals surface area contributed by atoms with Crippen molar-refractivity contribution in [2.75, 3.05) is 16.4 Å². The molecule has 2 aromatic carbocycles. The van der Waals surface area contributed by atoms with Gasteiger partial charge in [0.15, 0.2) is 0 Å². The summed E-state index contributed by atoms with van der Waals surface area (Å²) in [5.74, 6) is 0.511. The van der Waals surface area contributed by atoms with Gasteiger partial charge >= 0.3 is 0 Å². The van der Waals surface area contributed by atoms with Crippen LogP contribution in [-0.4, -0.2) is 10.9 Å². The molecule has 0 fully saturated rings. The van der Waals surface area contributed by atoms with Crippen molar-refractivity contribution in [3.05, 3.63) is 78.5 Å². The number of carbonyl (C=O) groups is 1. The number of nitrogen functional groups attached to an aromatic ring is 1. The Morgan fingerprint density at radius 2 is 1.61 bits per heavy atom. The van der Waals surface area contributed by atoms with E-state index >= 15 is 0 Å². The lowest BCUT2D eigenvalue weighted by atomic mass is 10.2. The summed E-state index contributed by atoms with van der Waals surface area (Å²) in [5, 5.41) is 5.98. The smallest absolute Gasteiger partial charge is 0.255 e. The van der Waals surface area contributed by atoms with Crippen molar-refractivity contribution in [1.82, 2.24) is 4.98 Å². The van der Waals surface area contributed by atoms with E-state index < -0.39 is 0 Å². The first-order valence-electron chi connectivity index (χ1n) is 7.16. The number of pyridine rings is 1. The molecular weight excluding hydrogens is 288 g/mol. The van der Waals surface area contributed by atoms with Gasteiger partial charge in [0, 0.05) is 16.9 Å². The number of nitrogens with one attached hydrogen (secondary N) is 2. The number of amides is 1. The summed E-state index contributed by atoms with van der Waals surface area (Å²) < 4.78 is 0. The first-order chi connectivity index (χ1) is 11.2. The fourth-order valence-corrected chi connectivity index (χ4v) is 2.05. The van der Waals surface area contributed by atoms with Gasteiger partial charge in [0.25, 0.3) is 5.91 Å². The number of nitrogens with zero attached hydrogens (tertiary/aromatic N) is 1. The number of hydrogen-bond donors (Lipinski definition) is 3. The topological polar surface area (TPSA) is 80.0 Å². The summed E-state index contributed by atoms with van der Waals surface area (Å²) in [6.45, 7) is 0. The summed E-state index contributed by atoms with van der Waals surface area (Å²) in [7, 11) is 0. The minimum atomic E-state index is -0.199. The normalized spacial score (nSPS) is 10.1. The molecule has 4 N–H and O–H groups in total. The molecule has 23 heavy (non-hydrogen) atoms. The van der Waals surface area contributed by atoms with Crippen LogP contribution in [0, 0.1) is 0 Å². The average Bonchev–Trinajstić information content (AvgIpc) is 2.58. The molecule has 114 valence electrons. The fourth-order valence-electron chi connectivity index (χ4n) is 2.05. The van der Waals surface area contributed by atoms with E-state index in [1.807, 2.05) is 36.4 Å². The summed E-state index contributed by atoms with van der Waals surface area (Å²) in [5.41, 5.74) is 8.37. The molecule has 0 unspecified atom stereocenters. The van der Waals surface area contributed by atoms with Gasteiger partial charge in [-0.05, 0) is 48.5 Å². The van der Waals surface area contributed by atoms with Gasteiger partial charge in [-0.3, -0.25) is 4.79 Å². The molecule has 0 aliphatic carbocycles. The number of anilines is 4. The monoisotopic (exact) mass is 304 g/mol. The number of hydrogen-bond acceptors (Lipinski definition) is 4. The van der Waals surface area contributed by atoms with Crippen molar-refractivity contribution in [3.8, 4) is 0 Å². The highest BCUT2D eigenvalue weighted by atomic mass is 16.1. The number of para-hydroxylation sites is 1. The maximum Gasteiger partial charge on any atom is 0.255 e. The molecule has 0 saturated carbocycles. The van der Waals surface area contributed by atoms with Gasteiger partial charge in [-0.25, -0.2) is 4.98 Å². The lowest BCUT2D eigenvalue weighted by Gasteiger charge is -2.08. The quantitative estimate of drug-likeness (QED) is 0.643. The third-order valence-corrected chi connectivity index (χ3v) is 3.24. The predicted octanol–water partition coefficient (Wildman–Crippen LogP) is 3.66. The van der Waals surface area contributed by atoms with Gasteiger partial charge in [-0.2, -0.15) is 0 Å². The molecule has 1 amide bonds. The van der Waals surface area contributed by atoms with E-state index in [0.717, 1.165) is 5.69 Å². The van der Waals surface area contributed by atoms with E-state index in [1.165, 1.54) is 0 Å².